The Morgan fingerprint density at radius 3 is 2.90 bits per heavy atom. The van der Waals surface area contributed by atoms with Crippen LogP contribution in [0.3, 0.4) is 0 Å². The number of carbonyl (C=O) groups is 1. The van der Waals surface area contributed by atoms with Crippen molar-refractivity contribution in [3.05, 3.63) is 46.2 Å². The van der Waals surface area contributed by atoms with Gasteiger partial charge in [0, 0.05) is 17.1 Å². The van der Waals surface area contributed by atoms with Gasteiger partial charge in [0.1, 0.15) is 0 Å². The van der Waals surface area contributed by atoms with E-state index < -0.39 is 10.0 Å². The molecule has 0 aliphatic carbocycles. The van der Waals surface area contributed by atoms with Crippen molar-refractivity contribution < 1.29 is 13.2 Å². The Balaban J connectivity index is 1.81. The molecule has 3 rings (SSSR count). The highest BCUT2D eigenvalue weighted by Gasteiger charge is 2.21. The fourth-order valence-electron chi connectivity index (χ4n) is 2.04. The summed E-state index contributed by atoms with van der Waals surface area (Å²) >= 11 is 1.50. The summed E-state index contributed by atoms with van der Waals surface area (Å²) in [6.07, 6.45) is 0.226. The van der Waals surface area contributed by atoms with E-state index in [9.17, 15) is 13.2 Å². The standard InChI is InChI=1S/C13H12N2O3S2/c16-13-7-9-6-11(3-4-12(9)15-13)20(17,18)14-8-10-2-1-5-19-10/h1-6,14H,7-8H2,(H,15,16). The average Bonchev–Trinajstić information content (AvgIpc) is 3.03. The smallest absolute Gasteiger partial charge is 0.240 e. The summed E-state index contributed by atoms with van der Waals surface area (Å²) in [5.41, 5.74) is 1.40. The maximum Gasteiger partial charge on any atom is 0.240 e. The van der Waals surface area contributed by atoms with Crippen molar-refractivity contribution in [2.24, 2.45) is 0 Å². The second kappa shape index (κ2) is 5.01. The molecule has 1 aromatic heterocycles. The highest BCUT2D eigenvalue weighted by Crippen LogP contribution is 2.25. The first-order valence-corrected chi connectivity index (χ1v) is 8.36. The lowest BCUT2D eigenvalue weighted by molar-refractivity contribution is -0.115. The molecule has 0 atom stereocenters. The van der Waals surface area contributed by atoms with Gasteiger partial charge in [0.25, 0.3) is 0 Å². The molecule has 2 aromatic rings. The predicted octanol–water partition coefficient (Wildman–Crippen LogP) is 1.72. The van der Waals surface area contributed by atoms with Crippen molar-refractivity contribution in [2.75, 3.05) is 5.32 Å². The van der Waals surface area contributed by atoms with Crippen LogP contribution in [0.1, 0.15) is 10.4 Å². The number of rotatable bonds is 4. The van der Waals surface area contributed by atoms with Crippen LogP contribution in [0.2, 0.25) is 0 Å². The molecule has 5 nitrogen and oxygen atoms in total. The lowest BCUT2D eigenvalue weighted by atomic mass is 10.2. The molecule has 1 aromatic carbocycles. The quantitative estimate of drug-likeness (QED) is 0.903. The van der Waals surface area contributed by atoms with Crippen LogP contribution in [-0.2, 0) is 27.8 Å². The molecule has 1 aliphatic heterocycles. The molecule has 0 fully saturated rings. The maximum atomic E-state index is 12.2. The number of benzene rings is 1. The first-order chi connectivity index (χ1) is 9.54. The van der Waals surface area contributed by atoms with E-state index in [1.165, 1.54) is 17.4 Å². The predicted molar refractivity (Wildman–Crippen MR) is 77.1 cm³/mol. The van der Waals surface area contributed by atoms with Gasteiger partial charge >= 0.3 is 0 Å². The van der Waals surface area contributed by atoms with Crippen LogP contribution in [-0.4, -0.2) is 14.3 Å². The highest BCUT2D eigenvalue weighted by atomic mass is 32.2. The second-order valence-electron chi connectivity index (χ2n) is 4.45. The van der Waals surface area contributed by atoms with Crippen molar-refractivity contribution in [1.82, 2.24) is 4.72 Å². The third-order valence-electron chi connectivity index (χ3n) is 3.03. The second-order valence-corrected chi connectivity index (χ2v) is 7.25. The fraction of sp³-hybridized carbons (Fsp3) is 0.154. The summed E-state index contributed by atoms with van der Waals surface area (Å²) in [6, 6.07) is 8.42. The molecular formula is C13H12N2O3S2. The Bertz CT molecular complexity index is 752. The summed E-state index contributed by atoms with van der Waals surface area (Å²) in [5, 5.41) is 4.58. The normalized spacial score (nSPS) is 14.1. The monoisotopic (exact) mass is 308 g/mol. The Kier molecular flexibility index (Phi) is 3.33. The van der Waals surface area contributed by atoms with E-state index in [2.05, 4.69) is 10.0 Å². The molecule has 1 aliphatic rings. The number of anilines is 1. The molecule has 1 amide bonds. The molecule has 0 saturated carbocycles. The van der Waals surface area contributed by atoms with Gasteiger partial charge in [0.15, 0.2) is 0 Å². The van der Waals surface area contributed by atoms with E-state index in [1.807, 2.05) is 17.5 Å². The van der Waals surface area contributed by atoms with E-state index >= 15 is 0 Å². The molecule has 0 radical (unpaired) electrons. The first-order valence-electron chi connectivity index (χ1n) is 5.99. The van der Waals surface area contributed by atoms with Gasteiger partial charge in [-0.25, -0.2) is 13.1 Å². The van der Waals surface area contributed by atoms with Crippen LogP contribution in [0.4, 0.5) is 5.69 Å². The zero-order valence-electron chi connectivity index (χ0n) is 10.4. The molecule has 0 saturated heterocycles. The fourth-order valence-corrected chi connectivity index (χ4v) is 3.83. The van der Waals surface area contributed by atoms with Gasteiger partial charge in [-0.2, -0.15) is 0 Å². The van der Waals surface area contributed by atoms with Crippen LogP contribution in [0.5, 0.6) is 0 Å². The molecule has 0 unspecified atom stereocenters. The number of nitrogens with one attached hydrogen (secondary N) is 2. The molecule has 0 spiro atoms. The van der Waals surface area contributed by atoms with Crippen molar-refractivity contribution in [3.8, 4) is 0 Å². The summed E-state index contributed by atoms with van der Waals surface area (Å²) in [5.74, 6) is -0.110. The number of thiophene rings is 1. The molecule has 20 heavy (non-hydrogen) atoms. The van der Waals surface area contributed by atoms with Gasteiger partial charge in [0.05, 0.1) is 11.3 Å². The van der Waals surface area contributed by atoms with Gasteiger partial charge in [-0.3, -0.25) is 4.79 Å². The topological polar surface area (TPSA) is 75.3 Å². The summed E-state index contributed by atoms with van der Waals surface area (Å²) in [7, 11) is -3.56. The number of carbonyl (C=O) groups excluding carboxylic acids is 1. The van der Waals surface area contributed by atoms with Gasteiger partial charge in [-0.1, -0.05) is 6.07 Å². The SMILES string of the molecule is O=C1Cc2cc(S(=O)(=O)NCc3cccs3)ccc2N1. The van der Waals surface area contributed by atoms with E-state index in [4.69, 9.17) is 0 Å². The van der Waals surface area contributed by atoms with Crippen LogP contribution < -0.4 is 10.0 Å². The summed E-state index contributed by atoms with van der Waals surface area (Å²) in [6.45, 7) is 0.272. The van der Waals surface area contributed by atoms with Gasteiger partial charge < -0.3 is 5.32 Å². The van der Waals surface area contributed by atoms with E-state index in [0.29, 0.717) is 11.3 Å². The lowest BCUT2D eigenvalue weighted by Gasteiger charge is -2.07. The minimum absolute atomic E-state index is 0.110. The molecule has 104 valence electrons. The van der Waals surface area contributed by atoms with Crippen molar-refractivity contribution in [1.29, 1.82) is 0 Å². The number of fused-ring (bicyclic) bond motifs is 1. The van der Waals surface area contributed by atoms with Gasteiger partial charge in [-0.05, 0) is 35.2 Å². The van der Waals surface area contributed by atoms with Crippen molar-refractivity contribution in [2.45, 2.75) is 17.9 Å². The van der Waals surface area contributed by atoms with Crippen molar-refractivity contribution >= 4 is 33.0 Å². The molecule has 2 heterocycles. The lowest BCUT2D eigenvalue weighted by Crippen LogP contribution is -2.22. The van der Waals surface area contributed by atoms with Crippen LogP contribution >= 0.6 is 11.3 Å². The Labute approximate surface area is 120 Å². The molecule has 7 heteroatoms. The van der Waals surface area contributed by atoms with Gasteiger partial charge in [-0.15, -0.1) is 11.3 Å². The van der Waals surface area contributed by atoms with Crippen LogP contribution in [0, 0.1) is 0 Å². The van der Waals surface area contributed by atoms with E-state index in [1.54, 1.807) is 12.1 Å². The Morgan fingerprint density at radius 2 is 2.15 bits per heavy atom. The largest absolute Gasteiger partial charge is 0.326 e. The van der Waals surface area contributed by atoms with Crippen LogP contribution in [0.15, 0.2) is 40.6 Å². The zero-order valence-corrected chi connectivity index (χ0v) is 12.1. The Hall–Kier alpha value is -1.70. The Morgan fingerprint density at radius 1 is 1.30 bits per heavy atom. The molecular weight excluding hydrogens is 296 g/mol. The minimum atomic E-state index is -3.56. The zero-order chi connectivity index (χ0) is 14.2. The highest BCUT2D eigenvalue weighted by molar-refractivity contribution is 7.89. The number of hydrogen-bond acceptors (Lipinski definition) is 4. The van der Waals surface area contributed by atoms with Gasteiger partial charge in [0.2, 0.25) is 15.9 Å². The third-order valence-corrected chi connectivity index (χ3v) is 5.30. The summed E-state index contributed by atoms with van der Waals surface area (Å²) < 4.78 is 27.0. The third kappa shape index (κ3) is 2.60. The molecule has 2 N–H and O–H groups in total. The summed E-state index contributed by atoms with van der Waals surface area (Å²) in [4.78, 5) is 12.4. The van der Waals surface area contributed by atoms with E-state index in [-0.39, 0.29) is 23.8 Å². The minimum Gasteiger partial charge on any atom is -0.326 e. The maximum absolute atomic E-state index is 12.2. The molecule has 0 bridgehead atoms. The van der Waals surface area contributed by atoms with Crippen molar-refractivity contribution in [3.63, 3.8) is 0 Å². The first kappa shape index (κ1) is 13.3. The average molecular weight is 308 g/mol. The number of hydrogen-bond donors (Lipinski definition) is 2. The number of sulfonamides is 1. The van der Waals surface area contributed by atoms with E-state index in [0.717, 1.165) is 4.88 Å². The van der Waals surface area contributed by atoms with Crippen LogP contribution in [0.25, 0.3) is 0 Å². The number of amides is 1.